The summed E-state index contributed by atoms with van der Waals surface area (Å²) in [4.78, 5) is 15.3. The van der Waals surface area contributed by atoms with Crippen LogP contribution in [0.25, 0.3) is 11.2 Å². The van der Waals surface area contributed by atoms with Crippen LogP contribution in [-0.4, -0.2) is 33.3 Å². The van der Waals surface area contributed by atoms with E-state index < -0.39 is 0 Å². The molecule has 0 saturated heterocycles. The van der Waals surface area contributed by atoms with Gasteiger partial charge < -0.3 is 9.72 Å². The van der Waals surface area contributed by atoms with Gasteiger partial charge in [-0.05, 0) is 6.26 Å². The first-order chi connectivity index (χ1) is 6.35. The van der Waals surface area contributed by atoms with E-state index in [4.69, 9.17) is 4.74 Å². The first-order valence-electron chi connectivity index (χ1n) is 3.64. The van der Waals surface area contributed by atoms with Gasteiger partial charge in [0.05, 0.1) is 13.4 Å². The van der Waals surface area contributed by atoms with Crippen LogP contribution in [0.15, 0.2) is 11.5 Å². The van der Waals surface area contributed by atoms with E-state index in [2.05, 4.69) is 19.9 Å². The number of methoxy groups -OCH3 is 1. The van der Waals surface area contributed by atoms with Gasteiger partial charge in [0.1, 0.15) is 5.52 Å². The zero-order valence-electron chi connectivity index (χ0n) is 7.24. The molecule has 2 heterocycles. The number of aromatic amines is 1. The zero-order valence-corrected chi connectivity index (χ0v) is 8.05. The molecule has 0 bridgehead atoms. The molecule has 2 aromatic heterocycles. The van der Waals surface area contributed by atoms with Gasteiger partial charge in [-0.25, -0.2) is 9.97 Å². The molecule has 0 aromatic carbocycles. The van der Waals surface area contributed by atoms with Crippen LogP contribution in [0.5, 0.6) is 5.88 Å². The highest BCUT2D eigenvalue weighted by molar-refractivity contribution is 7.98. The van der Waals surface area contributed by atoms with Gasteiger partial charge >= 0.3 is 0 Å². The summed E-state index contributed by atoms with van der Waals surface area (Å²) in [5, 5.41) is 0.663. The summed E-state index contributed by atoms with van der Waals surface area (Å²) in [5.74, 6) is 0.534. The molecule has 0 fully saturated rings. The Morgan fingerprint density at radius 1 is 1.46 bits per heavy atom. The molecule has 0 aliphatic rings. The number of aromatic nitrogens is 4. The molecule has 0 aliphatic carbocycles. The summed E-state index contributed by atoms with van der Waals surface area (Å²) >= 11 is 1.46. The van der Waals surface area contributed by atoms with E-state index >= 15 is 0 Å². The largest absolute Gasteiger partial charge is 0.479 e. The third-order valence-corrected chi connectivity index (χ3v) is 2.16. The quantitative estimate of drug-likeness (QED) is 0.575. The second-order valence-corrected chi connectivity index (χ2v) is 3.09. The Morgan fingerprint density at radius 2 is 2.31 bits per heavy atom. The summed E-state index contributed by atoms with van der Waals surface area (Å²) in [6.45, 7) is 0. The van der Waals surface area contributed by atoms with Crippen molar-refractivity contribution >= 4 is 22.9 Å². The smallest absolute Gasteiger partial charge is 0.244 e. The Labute approximate surface area is 78.9 Å². The van der Waals surface area contributed by atoms with Gasteiger partial charge in [0.2, 0.25) is 5.88 Å². The lowest BCUT2D eigenvalue weighted by atomic mass is 10.5. The number of imidazole rings is 1. The van der Waals surface area contributed by atoms with Crippen molar-refractivity contribution < 1.29 is 4.74 Å². The summed E-state index contributed by atoms with van der Waals surface area (Å²) in [5.41, 5.74) is 1.37. The Balaban J connectivity index is 2.70. The minimum absolute atomic E-state index is 0.534. The molecule has 68 valence electrons. The molecule has 5 nitrogen and oxygen atoms in total. The van der Waals surface area contributed by atoms with E-state index in [0.29, 0.717) is 16.7 Å². The summed E-state index contributed by atoms with van der Waals surface area (Å²) in [6.07, 6.45) is 3.49. The van der Waals surface area contributed by atoms with Gasteiger partial charge in [-0.1, -0.05) is 11.8 Å². The SMILES string of the molecule is COc1nc(SC)nc2nc[nH]c12. The van der Waals surface area contributed by atoms with Crippen LogP contribution in [0.1, 0.15) is 0 Å². The number of rotatable bonds is 2. The first-order valence-corrected chi connectivity index (χ1v) is 4.86. The lowest BCUT2D eigenvalue weighted by Crippen LogP contribution is -1.93. The second-order valence-electron chi connectivity index (χ2n) is 2.32. The predicted molar refractivity (Wildman–Crippen MR) is 50.0 cm³/mol. The molecule has 0 amide bonds. The van der Waals surface area contributed by atoms with Crippen molar-refractivity contribution in [3.63, 3.8) is 0 Å². The fourth-order valence-corrected chi connectivity index (χ4v) is 1.38. The number of nitrogens with one attached hydrogen (secondary N) is 1. The van der Waals surface area contributed by atoms with Crippen molar-refractivity contribution in [3.05, 3.63) is 6.33 Å². The molecular weight excluding hydrogens is 188 g/mol. The lowest BCUT2D eigenvalue weighted by molar-refractivity contribution is 0.397. The highest BCUT2D eigenvalue weighted by Gasteiger charge is 2.08. The van der Waals surface area contributed by atoms with E-state index in [-0.39, 0.29) is 0 Å². The van der Waals surface area contributed by atoms with Gasteiger partial charge in [-0.3, -0.25) is 0 Å². The zero-order chi connectivity index (χ0) is 9.26. The molecular formula is C7H8N4OS. The van der Waals surface area contributed by atoms with Gasteiger partial charge in [0.15, 0.2) is 10.8 Å². The normalized spacial score (nSPS) is 10.6. The summed E-state index contributed by atoms with van der Waals surface area (Å²) < 4.78 is 5.09. The highest BCUT2D eigenvalue weighted by Crippen LogP contribution is 2.21. The van der Waals surface area contributed by atoms with Gasteiger partial charge in [-0.2, -0.15) is 4.98 Å². The maximum atomic E-state index is 5.09. The fourth-order valence-electron chi connectivity index (χ4n) is 1.03. The first kappa shape index (κ1) is 8.31. The molecule has 1 N–H and O–H groups in total. The Bertz CT molecular complexity index is 427. The maximum Gasteiger partial charge on any atom is 0.244 e. The number of H-pyrrole nitrogens is 1. The van der Waals surface area contributed by atoms with Gasteiger partial charge in [0, 0.05) is 0 Å². The Kier molecular flexibility index (Phi) is 2.05. The van der Waals surface area contributed by atoms with Crippen LogP contribution < -0.4 is 4.74 Å². The topological polar surface area (TPSA) is 63.7 Å². The maximum absolute atomic E-state index is 5.09. The third-order valence-electron chi connectivity index (χ3n) is 1.61. The Morgan fingerprint density at radius 3 is 3.00 bits per heavy atom. The molecule has 0 atom stereocenters. The van der Waals surface area contributed by atoms with E-state index in [1.165, 1.54) is 11.8 Å². The summed E-state index contributed by atoms with van der Waals surface area (Å²) in [7, 11) is 1.58. The van der Waals surface area contributed by atoms with Crippen molar-refractivity contribution in [1.29, 1.82) is 0 Å². The average Bonchev–Trinajstić information content (AvgIpc) is 2.63. The number of ether oxygens (including phenoxy) is 1. The standard InChI is InChI=1S/C7H8N4OS/c1-12-6-4-5(9-3-8-4)10-7(11-6)13-2/h3H,1-2H3,(H,8,9,10,11). The number of fused-ring (bicyclic) bond motifs is 1. The summed E-state index contributed by atoms with van der Waals surface area (Å²) in [6, 6.07) is 0. The number of nitrogens with zero attached hydrogens (tertiary/aromatic N) is 3. The van der Waals surface area contributed by atoms with Crippen LogP contribution >= 0.6 is 11.8 Å². The van der Waals surface area contributed by atoms with Crippen molar-refractivity contribution in [3.8, 4) is 5.88 Å². The molecule has 0 spiro atoms. The van der Waals surface area contributed by atoms with Crippen LogP contribution in [0.3, 0.4) is 0 Å². The van der Waals surface area contributed by atoms with E-state index in [1.807, 2.05) is 6.26 Å². The van der Waals surface area contributed by atoms with Crippen LogP contribution in [-0.2, 0) is 0 Å². The van der Waals surface area contributed by atoms with Crippen LogP contribution in [0, 0.1) is 0 Å². The van der Waals surface area contributed by atoms with E-state index in [1.54, 1.807) is 13.4 Å². The number of thioether (sulfide) groups is 1. The predicted octanol–water partition coefficient (Wildman–Crippen LogP) is 1.08. The van der Waals surface area contributed by atoms with Crippen molar-refractivity contribution in [1.82, 2.24) is 19.9 Å². The molecule has 2 aromatic rings. The minimum Gasteiger partial charge on any atom is -0.479 e. The molecule has 0 saturated carbocycles. The van der Waals surface area contributed by atoms with Crippen LogP contribution in [0.2, 0.25) is 0 Å². The monoisotopic (exact) mass is 196 g/mol. The van der Waals surface area contributed by atoms with Gasteiger partial charge in [-0.15, -0.1) is 0 Å². The third kappa shape index (κ3) is 1.33. The number of hydrogen-bond acceptors (Lipinski definition) is 5. The molecule has 0 unspecified atom stereocenters. The Hall–Kier alpha value is -1.30. The second kappa shape index (κ2) is 3.21. The lowest BCUT2D eigenvalue weighted by Gasteiger charge is -2.00. The minimum atomic E-state index is 0.534. The highest BCUT2D eigenvalue weighted by atomic mass is 32.2. The molecule has 6 heteroatoms. The fraction of sp³-hybridized carbons (Fsp3) is 0.286. The van der Waals surface area contributed by atoms with Crippen LogP contribution in [0.4, 0.5) is 0 Å². The number of hydrogen-bond donors (Lipinski definition) is 1. The van der Waals surface area contributed by atoms with Crippen molar-refractivity contribution in [2.24, 2.45) is 0 Å². The van der Waals surface area contributed by atoms with E-state index in [9.17, 15) is 0 Å². The molecule has 13 heavy (non-hydrogen) atoms. The molecule has 2 rings (SSSR count). The van der Waals surface area contributed by atoms with Gasteiger partial charge in [0.25, 0.3) is 0 Å². The molecule has 0 radical (unpaired) electrons. The average molecular weight is 196 g/mol. The van der Waals surface area contributed by atoms with Crippen molar-refractivity contribution in [2.45, 2.75) is 5.16 Å². The van der Waals surface area contributed by atoms with E-state index in [0.717, 1.165) is 5.52 Å². The molecule has 0 aliphatic heterocycles. The van der Waals surface area contributed by atoms with Crippen molar-refractivity contribution in [2.75, 3.05) is 13.4 Å².